The molecule has 2 unspecified atom stereocenters. The van der Waals surface area contributed by atoms with Crippen LogP contribution in [-0.4, -0.2) is 40.8 Å². The molecule has 0 spiro atoms. The van der Waals surface area contributed by atoms with E-state index in [-0.39, 0.29) is 28.7 Å². The number of hydrogen-bond donors (Lipinski definition) is 2. The summed E-state index contributed by atoms with van der Waals surface area (Å²) in [6.07, 6.45) is 5.00. The molecule has 0 aromatic rings. The topological polar surface area (TPSA) is 53.5 Å². The Balaban J connectivity index is 0. The van der Waals surface area contributed by atoms with Gasteiger partial charge < -0.3 is 10.6 Å². The lowest BCUT2D eigenvalue weighted by Crippen LogP contribution is -2.42. The average molecular weight is 445 g/mol. The van der Waals surface area contributed by atoms with Crippen molar-refractivity contribution in [1.82, 2.24) is 10.6 Å². The molecule has 22 heavy (non-hydrogen) atoms. The number of halogens is 1. The molecule has 0 fully saturated rings. The molecule has 6 heteroatoms. The van der Waals surface area contributed by atoms with E-state index in [2.05, 4.69) is 29.5 Å². The van der Waals surface area contributed by atoms with Crippen molar-refractivity contribution in [2.45, 2.75) is 65.0 Å². The molecule has 2 atom stereocenters. The Labute approximate surface area is 157 Å². The van der Waals surface area contributed by atoms with E-state index in [0.717, 1.165) is 12.5 Å². The van der Waals surface area contributed by atoms with Crippen molar-refractivity contribution < 1.29 is 4.21 Å². The van der Waals surface area contributed by atoms with Gasteiger partial charge in [-0.2, -0.15) is 0 Å². The van der Waals surface area contributed by atoms with Crippen LogP contribution in [0.15, 0.2) is 4.99 Å². The molecule has 0 aromatic carbocycles. The van der Waals surface area contributed by atoms with Gasteiger partial charge in [-0.1, -0.05) is 33.1 Å². The smallest absolute Gasteiger partial charge is 0.191 e. The van der Waals surface area contributed by atoms with Gasteiger partial charge in [0.15, 0.2) is 5.96 Å². The van der Waals surface area contributed by atoms with Gasteiger partial charge in [-0.25, -0.2) is 0 Å². The van der Waals surface area contributed by atoms with Crippen LogP contribution in [0.5, 0.6) is 0 Å². The van der Waals surface area contributed by atoms with Crippen molar-refractivity contribution in [1.29, 1.82) is 0 Å². The highest BCUT2D eigenvalue weighted by Gasteiger charge is 2.18. The first-order valence-electron chi connectivity index (χ1n) is 8.18. The van der Waals surface area contributed by atoms with Crippen molar-refractivity contribution in [3.8, 4) is 0 Å². The second-order valence-electron chi connectivity index (χ2n) is 6.46. The molecule has 0 amide bonds. The maximum absolute atomic E-state index is 12.0. The SMILES string of the molecule is CCCCC(CC)CNC(=NC)NCCS(=O)C(C)(C)C.I. The van der Waals surface area contributed by atoms with E-state index in [9.17, 15) is 4.21 Å². The molecule has 0 saturated carbocycles. The van der Waals surface area contributed by atoms with E-state index in [1.165, 1.54) is 25.7 Å². The number of rotatable bonds is 9. The van der Waals surface area contributed by atoms with Crippen molar-refractivity contribution in [2.24, 2.45) is 10.9 Å². The van der Waals surface area contributed by atoms with Crippen molar-refractivity contribution in [2.75, 3.05) is 25.9 Å². The zero-order valence-electron chi connectivity index (χ0n) is 15.2. The van der Waals surface area contributed by atoms with Gasteiger partial charge in [0.25, 0.3) is 0 Å². The lowest BCUT2D eigenvalue weighted by molar-refractivity contribution is 0.444. The second-order valence-corrected chi connectivity index (χ2v) is 8.78. The number of aliphatic imine (C=N–C) groups is 1. The van der Waals surface area contributed by atoms with E-state index < -0.39 is 10.8 Å². The molecule has 0 heterocycles. The normalized spacial score (nSPS) is 14.9. The second kappa shape index (κ2) is 13.6. The van der Waals surface area contributed by atoms with E-state index in [4.69, 9.17) is 0 Å². The summed E-state index contributed by atoms with van der Waals surface area (Å²) in [6, 6.07) is 0. The molecule has 4 nitrogen and oxygen atoms in total. The lowest BCUT2D eigenvalue weighted by Gasteiger charge is -2.20. The largest absolute Gasteiger partial charge is 0.356 e. The Hall–Kier alpha value is 0.150. The molecule has 0 aliphatic rings. The quantitative estimate of drug-likeness (QED) is 0.324. The standard InChI is InChI=1S/C16H35N3OS.HI/c1-7-9-10-14(8-2)13-19-15(17-6)18-11-12-21(20)16(3,4)5;/h14H,7-13H2,1-6H3,(H2,17,18,19);1H. The number of nitrogens with zero attached hydrogens (tertiary/aromatic N) is 1. The minimum absolute atomic E-state index is 0. The van der Waals surface area contributed by atoms with E-state index in [1.54, 1.807) is 7.05 Å². The number of nitrogens with one attached hydrogen (secondary N) is 2. The van der Waals surface area contributed by atoms with Crippen LogP contribution in [0.3, 0.4) is 0 Å². The molecule has 0 radical (unpaired) electrons. The van der Waals surface area contributed by atoms with E-state index in [1.807, 2.05) is 20.8 Å². The summed E-state index contributed by atoms with van der Waals surface area (Å²) in [5, 5.41) is 6.64. The summed E-state index contributed by atoms with van der Waals surface area (Å²) in [5.41, 5.74) is 0. The van der Waals surface area contributed by atoms with Crippen LogP contribution in [0.4, 0.5) is 0 Å². The fourth-order valence-electron chi connectivity index (χ4n) is 1.97. The van der Waals surface area contributed by atoms with Crippen LogP contribution >= 0.6 is 24.0 Å². The molecular weight excluding hydrogens is 409 g/mol. The Kier molecular flexibility index (Phi) is 15.1. The van der Waals surface area contributed by atoms with Crippen LogP contribution in [0, 0.1) is 5.92 Å². The molecular formula is C16H36IN3OS. The predicted molar refractivity (Wildman–Crippen MR) is 111 cm³/mol. The Bertz CT molecular complexity index is 330. The highest BCUT2D eigenvalue weighted by molar-refractivity contribution is 14.0. The first kappa shape index (κ1) is 24.4. The summed E-state index contributed by atoms with van der Waals surface area (Å²) in [4.78, 5) is 4.23. The summed E-state index contributed by atoms with van der Waals surface area (Å²) >= 11 is 0. The van der Waals surface area contributed by atoms with Crippen molar-refractivity contribution >= 4 is 40.7 Å². The summed E-state index contributed by atoms with van der Waals surface area (Å²) in [6.45, 7) is 12.1. The predicted octanol–water partition coefficient (Wildman–Crippen LogP) is 3.53. The Morgan fingerprint density at radius 1 is 1.23 bits per heavy atom. The van der Waals surface area contributed by atoms with Gasteiger partial charge in [-0.3, -0.25) is 9.20 Å². The first-order chi connectivity index (χ1) is 9.85. The van der Waals surface area contributed by atoms with E-state index >= 15 is 0 Å². The minimum Gasteiger partial charge on any atom is -0.356 e. The lowest BCUT2D eigenvalue weighted by atomic mass is 9.99. The molecule has 0 bridgehead atoms. The van der Waals surface area contributed by atoms with Crippen LogP contribution in [0.25, 0.3) is 0 Å². The van der Waals surface area contributed by atoms with Gasteiger partial charge in [-0.15, -0.1) is 24.0 Å². The first-order valence-corrected chi connectivity index (χ1v) is 9.50. The van der Waals surface area contributed by atoms with Gasteiger partial charge in [0.2, 0.25) is 0 Å². The molecule has 0 saturated heterocycles. The fourth-order valence-corrected chi connectivity index (χ4v) is 2.87. The van der Waals surface area contributed by atoms with Gasteiger partial charge in [0.1, 0.15) is 0 Å². The summed E-state index contributed by atoms with van der Waals surface area (Å²) in [7, 11) is 0.961. The molecule has 0 rings (SSSR count). The van der Waals surface area contributed by atoms with Crippen LogP contribution in [0.2, 0.25) is 0 Å². The molecule has 2 N–H and O–H groups in total. The third kappa shape index (κ3) is 11.7. The molecule has 0 aliphatic heterocycles. The highest BCUT2D eigenvalue weighted by atomic mass is 127. The maximum atomic E-state index is 12.0. The third-order valence-electron chi connectivity index (χ3n) is 3.59. The van der Waals surface area contributed by atoms with Crippen LogP contribution in [-0.2, 0) is 10.8 Å². The highest BCUT2D eigenvalue weighted by Crippen LogP contribution is 2.11. The zero-order chi connectivity index (χ0) is 16.3. The van der Waals surface area contributed by atoms with Gasteiger partial charge in [-0.05, 0) is 33.1 Å². The van der Waals surface area contributed by atoms with Crippen molar-refractivity contribution in [3.05, 3.63) is 0 Å². The van der Waals surface area contributed by atoms with Crippen LogP contribution in [0.1, 0.15) is 60.3 Å². The Morgan fingerprint density at radius 2 is 1.86 bits per heavy atom. The summed E-state index contributed by atoms with van der Waals surface area (Å²) in [5.74, 6) is 2.17. The molecule has 0 aliphatic carbocycles. The van der Waals surface area contributed by atoms with E-state index in [0.29, 0.717) is 18.2 Å². The number of hydrogen-bond acceptors (Lipinski definition) is 2. The molecule has 134 valence electrons. The zero-order valence-corrected chi connectivity index (χ0v) is 18.3. The van der Waals surface area contributed by atoms with Gasteiger partial charge >= 0.3 is 0 Å². The van der Waals surface area contributed by atoms with Crippen molar-refractivity contribution in [3.63, 3.8) is 0 Å². The maximum Gasteiger partial charge on any atom is 0.191 e. The van der Waals surface area contributed by atoms with Gasteiger partial charge in [0, 0.05) is 41.4 Å². The Morgan fingerprint density at radius 3 is 2.32 bits per heavy atom. The third-order valence-corrected chi connectivity index (χ3v) is 5.53. The minimum atomic E-state index is -0.820. The monoisotopic (exact) mass is 445 g/mol. The van der Waals surface area contributed by atoms with Gasteiger partial charge in [0.05, 0.1) is 0 Å². The average Bonchev–Trinajstić information content (AvgIpc) is 2.44. The van der Waals surface area contributed by atoms with Crippen LogP contribution < -0.4 is 10.6 Å². The number of unbranched alkanes of at least 4 members (excludes halogenated alkanes) is 1. The molecule has 0 aromatic heterocycles. The summed E-state index contributed by atoms with van der Waals surface area (Å²) < 4.78 is 11.8. The number of guanidine groups is 1. The fraction of sp³-hybridized carbons (Fsp3) is 0.938.